The van der Waals surface area contributed by atoms with Crippen molar-refractivity contribution in [3.05, 3.63) is 48.5 Å². The summed E-state index contributed by atoms with van der Waals surface area (Å²) in [5.41, 5.74) is 1.41. The predicted molar refractivity (Wildman–Crippen MR) is 70.2 cm³/mol. The van der Waals surface area contributed by atoms with Gasteiger partial charge in [0.05, 0.1) is 7.11 Å². The summed E-state index contributed by atoms with van der Waals surface area (Å²) in [6.45, 7) is 5.32. The molecule has 0 unspecified atom stereocenters. The van der Waals surface area contributed by atoms with Gasteiger partial charge in [-0.3, -0.25) is 4.79 Å². The third-order valence-electron chi connectivity index (χ3n) is 2.82. The lowest BCUT2D eigenvalue weighted by molar-refractivity contribution is -0.111. The summed E-state index contributed by atoms with van der Waals surface area (Å²) in [5, 5.41) is 2.16. The Bertz CT molecular complexity index is 597. The van der Waals surface area contributed by atoms with Crippen LogP contribution in [0.2, 0.25) is 0 Å². The molecule has 0 aliphatic rings. The molecular weight excluding hydrogens is 212 g/mol. The minimum Gasteiger partial charge on any atom is -0.497 e. The highest BCUT2D eigenvalue weighted by molar-refractivity contribution is 6.19. The van der Waals surface area contributed by atoms with Crippen LogP contribution < -0.4 is 4.74 Å². The lowest BCUT2D eigenvalue weighted by Crippen LogP contribution is -1.93. The molecule has 0 atom stereocenters. The summed E-state index contributed by atoms with van der Waals surface area (Å²) in [4.78, 5) is 11.3. The topological polar surface area (TPSA) is 26.3 Å². The molecule has 2 rings (SSSR count). The molecule has 0 spiro atoms. The summed E-state index contributed by atoms with van der Waals surface area (Å²) in [7, 11) is 1.65. The van der Waals surface area contributed by atoms with Crippen LogP contribution in [-0.4, -0.2) is 12.9 Å². The molecule has 2 aromatic carbocycles. The highest BCUT2D eigenvalue weighted by atomic mass is 16.5. The molecule has 0 N–H and O–H groups in total. The third kappa shape index (κ3) is 2.21. The van der Waals surface area contributed by atoms with Crippen molar-refractivity contribution in [2.24, 2.45) is 0 Å². The summed E-state index contributed by atoms with van der Waals surface area (Å²) < 4.78 is 5.17. The number of rotatable bonds is 3. The molecule has 0 radical (unpaired) electrons. The van der Waals surface area contributed by atoms with E-state index in [1.807, 2.05) is 36.4 Å². The van der Waals surface area contributed by atoms with Crippen LogP contribution >= 0.6 is 0 Å². The Kier molecular flexibility index (Phi) is 2.96. The van der Waals surface area contributed by atoms with Gasteiger partial charge in [0.15, 0.2) is 5.78 Å². The van der Waals surface area contributed by atoms with E-state index in [9.17, 15) is 4.79 Å². The fourth-order valence-electron chi connectivity index (χ4n) is 1.74. The molecule has 0 saturated heterocycles. The maximum absolute atomic E-state index is 11.3. The van der Waals surface area contributed by atoms with Gasteiger partial charge in [-0.15, -0.1) is 0 Å². The number of allylic oxidation sites excluding steroid dienone is 1. The zero-order chi connectivity index (χ0) is 12.4. The Morgan fingerprint density at radius 3 is 2.41 bits per heavy atom. The van der Waals surface area contributed by atoms with Crippen molar-refractivity contribution < 1.29 is 9.53 Å². The number of hydrogen-bond donors (Lipinski definition) is 0. The Balaban J connectivity index is 2.52. The van der Waals surface area contributed by atoms with E-state index in [2.05, 4.69) is 6.58 Å². The van der Waals surface area contributed by atoms with E-state index in [1.54, 1.807) is 7.11 Å². The van der Waals surface area contributed by atoms with Crippen LogP contribution in [0, 0.1) is 0 Å². The number of methoxy groups -OCH3 is 1. The Morgan fingerprint density at radius 2 is 1.76 bits per heavy atom. The second kappa shape index (κ2) is 4.42. The maximum Gasteiger partial charge on any atom is 0.159 e. The fraction of sp³-hybridized carbons (Fsp3) is 0.133. The van der Waals surface area contributed by atoms with Gasteiger partial charge in [0.2, 0.25) is 0 Å². The minimum atomic E-state index is -0.00198. The van der Waals surface area contributed by atoms with Crippen LogP contribution in [-0.2, 0) is 4.79 Å². The predicted octanol–water partition coefficient (Wildman–Crippen LogP) is 3.45. The summed E-state index contributed by atoms with van der Waals surface area (Å²) in [6.07, 6.45) is 0. The first-order valence-electron chi connectivity index (χ1n) is 5.40. The van der Waals surface area contributed by atoms with E-state index in [0.29, 0.717) is 5.57 Å². The Labute approximate surface area is 101 Å². The second-order valence-corrected chi connectivity index (χ2v) is 3.96. The number of carbonyl (C=O) groups is 1. The van der Waals surface area contributed by atoms with E-state index >= 15 is 0 Å². The number of ether oxygens (including phenoxy) is 1. The molecule has 17 heavy (non-hydrogen) atoms. The first kappa shape index (κ1) is 11.4. The number of fused-ring (bicyclic) bond motifs is 1. The first-order valence-corrected chi connectivity index (χ1v) is 5.40. The molecule has 0 amide bonds. The van der Waals surface area contributed by atoms with Gasteiger partial charge in [-0.2, -0.15) is 0 Å². The van der Waals surface area contributed by atoms with Crippen LogP contribution in [0.3, 0.4) is 0 Å². The third-order valence-corrected chi connectivity index (χ3v) is 2.82. The molecule has 2 aromatic rings. The second-order valence-electron chi connectivity index (χ2n) is 3.96. The number of hydrogen-bond acceptors (Lipinski definition) is 2. The van der Waals surface area contributed by atoms with Crippen molar-refractivity contribution in [3.63, 3.8) is 0 Å². The lowest BCUT2D eigenvalue weighted by Gasteiger charge is -2.06. The van der Waals surface area contributed by atoms with Gasteiger partial charge >= 0.3 is 0 Å². The highest BCUT2D eigenvalue weighted by Crippen LogP contribution is 2.24. The lowest BCUT2D eigenvalue weighted by atomic mass is 10.0. The van der Waals surface area contributed by atoms with Gasteiger partial charge in [-0.25, -0.2) is 0 Å². The summed E-state index contributed by atoms with van der Waals surface area (Å²) in [6, 6.07) is 11.7. The monoisotopic (exact) mass is 226 g/mol. The van der Waals surface area contributed by atoms with Gasteiger partial charge in [0, 0.05) is 5.57 Å². The van der Waals surface area contributed by atoms with E-state index in [1.165, 1.54) is 6.92 Å². The van der Waals surface area contributed by atoms with Gasteiger partial charge in [0.1, 0.15) is 5.75 Å². The number of ketones is 1. The van der Waals surface area contributed by atoms with Crippen LogP contribution in [0.5, 0.6) is 5.75 Å². The maximum atomic E-state index is 11.3. The normalized spacial score (nSPS) is 10.2. The van der Waals surface area contributed by atoms with E-state index in [0.717, 1.165) is 22.1 Å². The zero-order valence-electron chi connectivity index (χ0n) is 9.99. The molecule has 86 valence electrons. The van der Waals surface area contributed by atoms with E-state index in [-0.39, 0.29) is 5.78 Å². The average molecular weight is 226 g/mol. The van der Waals surface area contributed by atoms with Crippen LogP contribution in [0.1, 0.15) is 12.5 Å². The first-order chi connectivity index (χ1) is 8.11. The molecule has 0 aliphatic heterocycles. The van der Waals surface area contributed by atoms with Crippen molar-refractivity contribution in [1.29, 1.82) is 0 Å². The van der Waals surface area contributed by atoms with Gasteiger partial charge < -0.3 is 4.74 Å². The van der Waals surface area contributed by atoms with Crippen LogP contribution in [0.15, 0.2) is 43.0 Å². The zero-order valence-corrected chi connectivity index (χ0v) is 9.99. The van der Waals surface area contributed by atoms with Crippen LogP contribution in [0.25, 0.3) is 16.3 Å². The average Bonchev–Trinajstić information content (AvgIpc) is 2.36. The number of benzene rings is 2. The smallest absolute Gasteiger partial charge is 0.159 e. The molecule has 2 heteroatoms. The van der Waals surface area contributed by atoms with Crippen molar-refractivity contribution in [2.75, 3.05) is 7.11 Å². The van der Waals surface area contributed by atoms with E-state index < -0.39 is 0 Å². The largest absolute Gasteiger partial charge is 0.497 e. The standard InChI is InChI=1S/C15H14O2/c1-10(11(2)16)12-4-5-14-9-15(17-3)7-6-13(14)8-12/h4-9H,1H2,2-3H3. The van der Waals surface area contributed by atoms with Gasteiger partial charge in [-0.1, -0.05) is 24.8 Å². The molecule has 0 saturated carbocycles. The fourth-order valence-corrected chi connectivity index (χ4v) is 1.74. The molecule has 0 bridgehead atoms. The van der Waals surface area contributed by atoms with Gasteiger partial charge in [0.25, 0.3) is 0 Å². The highest BCUT2D eigenvalue weighted by Gasteiger charge is 2.05. The quantitative estimate of drug-likeness (QED) is 0.749. The molecular formula is C15H14O2. The summed E-state index contributed by atoms with van der Waals surface area (Å²) in [5.74, 6) is 0.827. The number of Topliss-reactive ketones (excluding diaryl/α,β-unsaturated/α-hetero) is 1. The SMILES string of the molecule is C=C(C(C)=O)c1ccc2cc(OC)ccc2c1. The van der Waals surface area contributed by atoms with Gasteiger partial charge in [-0.05, 0) is 41.5 Å². The van der Waals surface area contributed by atoms with Crippen molar-refractivity contribution >= 4 is 22.1 Å². The van der Waals surface area contributed by atoms with E-state index in [4.69, 9.17) is 4.74 Å². The summed E-state index contributed by atoms with van der Waals surface area (Å²) >= 11 is 0. The van der Waals surface area contributed by atoms with Crippen molar-refractivity contribution in [2.45, 2.75) is 6.92 Å². The van der Waals surface area contributed by atoms with Crippen LogP contribution in [0.4, 0.5) is 0 Å². The van der Waals surface area contributed by atoms with Crippen molar-refractivity contribution in [1.82, 2.24) is 0 Å². The molecule has 0 heterocycles. The Hall–Kier alpha value is -2.09. The van der Waals surface area contributed by atoms with Crippen molar-refractivity contribution in [3.8, 4) is 5.75 Å². The molecule has 2 nitrogen and oxygen atoms in total. The minimum absolute atomic E-state index is 0.00198. The molecule has 0 aromatic heterocycles. The molecule has 0 aliphatic carbocycles. The number of carbonyl (C=O) groups excluding carboxylic acids is 1. The molecule has 0 fully saturated rings. The Morgan fingerprint density at radius 1 is 1.12 bits per heavy atom.